The van der Waals surface area contributed by atoms with E-state index in [0.717, 1.165) is 17.7 Å². The number of hydrogen-bond donors (Lipinski definition) is 5. The highest BCUT2D eigenvalue weighted by Gasteiger charge is 2.23. The van der Waals surface area contributed by atoms with Crippen molar-refractivity contribution in [3.8, 4) is 11.5 Å². The van der Waals surface area contributed by atoms with Crippen LogP contribution in [0.2, 0.25) is 0 Å². The molecule has 5 N–H and O–H groups in total. The first-order chi connectivity index (χ1) is 21.9. The number of hydrogen-bond acceptors (Lipinski definition) is 13. The summed E-state index contributed by atoms with van der Waals surface area (Å²) in [5.74, 6) is -0.100. The van der Waals surface area contributed by atoms with Gasteiger partial charge in [-0.1, -0.05) is 54.4 Å². The minimum atomic E-state index is -4.82. The van der Waals surface area contributed by atoms with Gasteiger partial charge in [-0.15, -0.1) is 14.6 Å². The normalized spacial score (nSPS) is 12.3. The number of fused-ring (bicyclic) bond motifs is 2. The van der Waals surface area contributed by atoms with E-state index in [1.165, 1.54) is 18.2 Å². The fourth-order valence-corrected chi connectivity index (χ4v) is 6.69. The minimum Gasteiger partial charge on any atom is -0.505 e. The molecule has 0 heterocycles. The molecule has 0 amide bonds. The maximum Gasteiger partial charge on any atom is 0.297 e. The van der Waals surface area contributed by atoms with Crippen LogP contribution in [0.4, 0.5) is 17.1 Å². The highest BCUT2D eigenvalue weighted by molar-refractivity contribution is 7.94. The van der Waals surface area contributed by atoms with E-state index in [4.69, 9.17) is 9.99 Å². The van der Waals surface area contributed by atoms with Crippen molar-refractivity contribution < 1.29 is 50.4 Å². The van der Waals surface area contributed by atoms with Crippen LogP contribution in [0.5, 0.6) is 11.5 Å². The number of nitrogens with one attached hydrogen (secondary N) is 1. The molecule has 0 saturated carbocycles. The molecule has 14 nitrogen and oxygen atoms in total. The quantitative estimate of drug-likeness (QED) is 0.0222. The largest absolute Gasteiger partial charge is 0.505 e. The minimum absolute atomic E-state index is 0.00214. The van der Waals surface area contributed by atoms with Crippen molar-refractivity contribution >= 4 is 70.9 Å². The Labute approximate surface area is 266 Å². The molecule has 0 aliphatic heterocycles. The van der Waals surface area contributed by atoms with Crippen molar-refractivity contribution in [2.24, 2.45) is 10.2 Å². The molecule has 0 aliphatic rings. The van der Waals surface area contributed by atoms with Crippen LogP contribution in [-0.2, 0) is 36.0 Å². The Morgan fingerprint density at radius 3 is 2.30 bits per heavy atom. The Morgan fingerprint density at radius 1 is 0.870 bits per heavy atom. The monoisotopic (exact) mass is 687 g/mol. The first-order valence-corrected chi connectivity index (χ1v) is 16.9. The fraction of sp³-hybridized carbons (Fsp3) is 0.103. The SMILES string of the molecule is CCc1cccc2c(S(=O)(=O)O)c(N=Nc3c(SOOO)cc4cc(S(=O)(=O)O)cc(NCOc5ccccc5)c4c3O)ccc12. The van der Waals surface area contributed by atoms with Gasteiger partial charge in [0.1, 0.15) is 22.0 Å². The summed E-state index contributed by atoms with van der Waals surface area (Å²) in [6, 6.07) is 20.0. The second-order valence-corrected chi connectivity index (χ2v) is 13.1. The molecule has 5 aromatic carbocycles. The van der Waals surface area contributed by atoms with Crippen molar-refractivity contribution in [2.45, 2.75) is 28.0 Å². The van der Waals surface area contributed by atoms with Crippen LogP contribution in [0.1, 0.15) is 12.5 Å². The van der Waals surface area contributed by atoms with Crippen molar-refractivity contribution in [1.29, 1.82) is 0 Å². The summed E-state index contributed by atoms with van der Waals surface area (Å²) in [6.45, 7) is 1.70. The summed E-state index contributed by atoms with van der Waals surface area (Å²) in [4.78, 5) is -1.11. The third-order valence-electron chi connectivity index (χ3n) is 6.80. The van der Waals surface area contributed by atoms with Crippen LogP contribution in [-0.4, -0.2) is 43.0 Å². The van der Waals surface area contributed by atoms with Gasteiger partial charge >= 0.3 is 0 Å². The zero-order valence-electron chi connectivity index (χ0n) is 23.7. The molecule has 46 heavy (non-hydrogen) atoms. The van der Waals surface area contributed by atoms with Gasteiger partial charge in [-0.3, -0.25) is 9.11 Å². The highest BCUT2D eigenvalue weighted by atomic mass is 32.2. The standard InChI is InChI=1S/C29H25N3O11S3/c1-2-17-7-6-10-22-21(17)11-12-23(29(22)46(38,39)40)31-32-27-25(44-43-42-34)14-18-13-20(45(35,36)37)15-24(26(18)28(27)33)30-16-41-19-8-4-3-5-9-19/h3-15,30,33-34H,2,16H2,1H3,(H,35,36,37)(H,38,39,40). The van der Waals surface area contributed by atoms with Gasteiger partial charge in [-0.25, -0.2) is 5.26 Å². The Hall–Kier alpha value is -4.33. The average Bonchev–Trinajstić information content (AvgIpc) is 3.02. The van der Waals surface area contributed by atoms with Crippen molar-refractivity contribution in [3.05, 3.63) is 84.4 Å². The number of para-hydroxylation sites is 1. The van der Waals surface area contributed by atoms with E-state index in [2.05, 4.69) is 24.9 Å². The third kappa shape index (κ3) is 7.06. The molecule has 0 saturated heterocycles. The number of phenolic OH excluding ortho intramolecular Hbond substituents is 1. The van der Waals surface area contributed by atoms with Crippen LogP contribution in [0.15, 0.2) is 104 Å². The molecule has 5 rings (SSSR count). The van der Waals surface area contributed by atoms with Crippen LogP contribution in [0.25, 0.3) is 21.5 Å². The molecule has 0 aromatic heterocycles. The number of phenols is 1. The zero-order valence-corrected chi connectivity index (χ0v) is 26.1. The van der Waals surface area contributed by atoms with Gasteiger partial charge in [0.25, 0.3) is 20.2 Å². The molecule has 240 valence electrons. The van der Waals surface area contributed by atoms with Crippen LogP contribution in [0.3, 0.4) is 0 Å². The smallest absolute Gasteiger partial charge is 0.297 e. The van der Waals surface area contributed by atoms with Gasteiger partial charge in [0.2, 0.25) is 0 Å². The number of ether oxygens (including phenoxy) is 1. The molecule has 0 spiro atoms. The predicted molar refractivity (Wildman–Crippen MR) is 169 cm³/mol. The molecule has 5 aromatic rings. The summed E-state index contributed by atoms with van der Waals surface area (Å²) in [6.07, 6.45) is 0.591. The van der Waals surface area contributed by atoms with Gasteiger partial charge in [0, 0.05) is 16.5 Å². The van der Waals surface area contributed by atoms with Crippen LogP contribution >= 0.6 is 12.0 Å². The molecule has 0 radical (unpaired) electrons. The van der Waals surface area contributed by atoms with E-state index < -0.39 is 35.8 Å². The predicted octanol–water partition coefficient (Wildman–Crippen LogP) is 7.05. The van der Waals surface area contributed by atoms with Gasteiger partial charge in [-0.2, -0.15) is 16.8 Å². The van der Waals surface area contributed by atoms with Crippen LogP contribution in [0, 0.1) is 0 Å². The lowest BCUT2D eigenvalue weighted by molar-refractivity contribution is -0.432. The highest BCUT2D eigenvalue weighted by Crippen LogP contribution is 2.47. The number of nitrogens with zero attached hydrogens (tertiary/aromatic N) is 2. The summed E-state index contributed by atoms with van der Waals surface area (Å²) < 4.78 is 79.4. The van der Waals surface area contributed by atoms with Crippen LogP contribution < -0.4 is 10.1 Å². The van der Waals surface area contributed by atoms with Gasteiger partial charge < -0.3 is 15.2 Å². The fourth-order valence-electron chi connectivity index (χ4n) is 4.82. The number of aromatic hydroxyl groups is 1. The lowest BCUT2D eigenvalue weighted by Crippen LogP contribution is -2.10. The Balaban J connectivity index is 1.68. The van der Waals surface area contributed by atoms with E-state index in [9.17, 15) is 31.0 Å². The van der Waals surface area contributed by atoms with Gasteiger partial charge in [0.05, 0.1) is 21.8 Å². The topological polar surface area (TPSA) is 214 Å². The number of rotatable bonds is 12. The number of azo groups is 1. The third-order valence-corrected chi connectivity index (χ3v) is 9.19. The second-order valence-electron chi connectivity index (χ2n) is 9.58. The Bertz CT molecular complexity index is 2180. The molecule has 0 aliphatic carbocycles. The molecule has 0 fully saturated rings. The maximum absolute atomic E-state index is 12.5. The summed E-state index contributed by atoms with van der Waals surface area (Å²) in [7, 11) is -9.54. The van der Waals surface area contributed by atoms with E-state index in [0.29, 0.717) is 29.6 Å². The summed E-state index contributed by atoms with van der Waals surface area (Å²) in [5.41, 5.74) is 0.264. The lowest BCUT2D eigenvalue weighted by Gasteiger charge is -2.16. The number of anilines is 1. The first-order valence-electron chi connectivity index (χ1n) is 13.2. The summed E-state index contributed by atoms with van der Waals surface area (Å²) in [5, 5.41) is 35.8. The first kappa shape index (κ1) is 33.0. The summed E-state index contributed by atoms with van der Waals surface area (Å²) >= 11 is 0.352. The maximum atomic E-state index is 12.5. The van der Waals surface area contributed by atoms with E-state index in [-0.39, 0.29) is 44.8 Å². The average molecular weight is 688 g/mol. The van der Waals surface area contributed by atoms with E-state index in [1.54, 1.807) is 42.5 Å². The van der Waals surface area contributed by atoms with Crippen molar-refractivity contribution in [2.75, 3.05) is 12.0 Å². The molecule has 17 heteroatoms. The van der Waals surface area contributed by atoms with E-state index in [1.807, 2.05) is 13.0 Å². The zero-order chi connectivity index (χ0) is 33.1. The number of aryl methyl sites for hydroxylation is 1. The molecule has 0 unspecified atom stereocenters. The van der Waals surface area contributed by atoms with Crippen molar-refractivity contribution in [1.82, 2.24) is 0 Å². The molecular formula is C29H25N3O11S3. The molecule has 0 atom stereocenters. The Morgan fingerprint density at radius 2 is 1.63 bits per heavy atom. The lowest BCUT2D eigenvalue weighted by atomic mass is 10.0. The molecular weight excluding hydrogens is 663 g/mol. The van der Waals surface area contributed by atoms with Crippen molar-refractivity contribution in [3.63, 3.8) is 0 Å². The Kier molecular flexibility index (Phi) is 9.75. The van der Waals surface area contributed by atoms with Gasteiger partial charge in [0.15, 0.2) is 12.5 Å². The molecule has 0 bridgehead atoms. The number of benzene rings is 5. The van der Waals surface area contributed by atoms with E-state index >= 15 is 0 Å². The van der Waals surface area contributed by atoms with Gasteiger partial charge in [-0.05, 0) is 59.2 Å². The second kappa shape index (κ2) is 13.6.